The molecular formula is C17H15NO2S2. The molecular weight excluding hydrogens is 314 g/mol. The molecule has 3 nitrogen and oxygen atoms in total. The maximum absolute atomic E-state index is 12.4. The second-order valence-corrected chi connectivity index (χ2v) is 6.70. The Morgan fingerprint density at radius 1 is 1.45 bits per heavy atom. The lowest BCUT2D eigenvalue weighted by atomic mass is 10.0. The van der Waals surface area contributed by atoms with Crippen LogP contribution >= 0.6 is 24.0 Å². The third-order valence-electron chi connectivity index (χ3n) is 3.50. The van der Waals surface area contributed by atoms with E-state index >= 15 is 0 Å². The molecule has 1 aromatic rings. The molecule has 22 heavy (non-hydrogen) atoms. The van der Waals surface area contributed by atoms with E-state index in [0.717, 1.165) is 16.9 Å². The molecule has 2 aliphatic heterocycles. The number of para-hydroxylation sites is 1. The number of thiocarbonyl (C=S) groups is 1. The van der Waals surface area contributed by atoms with Crippen LogP contribution in [0.25, 0.3) is 6.08 Å². The number of carbonyl (C=O) groups is 1. The molecule has 112 valence electrons. The maximum atomic E-state index is 12.4. The Hall–Kier alpha value is -1.85. The van der Waals surface area contributed by atoms with Gasteiger partial charge in [-0.25, -0.2) is 0 Å². The second kappa shape index (κ2) is 6.10. The van der Waals surface area contributed by atoms with Gasteiger partial charge in [0.1, 0.15) is 16.2 Å². The topological polar surface area (TPSA) is 29.5 Å². The lowest BCUT2D eigenvalue weighted by molar-refractivity contribution is -0.121. The van der Waals surface area contributed by atoms with Gasteiger partial charge in [-0.05, 0) is 30.7 Å². The molecule has 0 N–H and O–H groups in total. The van der Waals surface area contributed by atoms with Crippen LogP contribution in [0.1, 0.15) is 12.5 Å². The number of carbonyl (C=O) groups excluding carboxylic acids is 1. The Bertz CT molecular complexity index is 721. The van der Waals surface area contributed by atoms with Gasteiger partial charge in [0.15, 0.2) is 0 Å². The molecule has 0 spiro atoms. The van der Waals surface area contributed by atoms with E-state index in [1.54, 1.807) is 11.0 Å². The summed E-state index contributed by atoms with van der Waals surface area (Å²) in [5.74, 6) is 0.799. The smallest absolute Gasteiger partial charge is 0.266 e. The van der Waals surface area contributed by atoms with E-state index in [2.05, 4.69) is 12.7 Å². The van der Waals surface area contributed by atoms with Crippen LogP contribution in [0.4, 0.5) is 0 Å². The van der Waals surface area contributed by atoms with E-state index in [4.69, 9.17) is 17.0 Å². The van der Waals surface area contributed by atoms with Gasteiger partial charge in [-0.1, -0.05) is 48.3 Å². The molecule has 1 atom stereocenters. The molecule has 0 aromatic heterocycles. The zero-order valence-electron chi connectivity index (χ0n) is 12.1. The third-order valence-corrected chi connectivity index (χ3v) is 4.88. The molecule has 0 radical (unpaired) electrons. The molecule has 1 fully saturated rings. The van der Waals surface area contributed by atoms with Crippen LogP contribution in [0.2, 0.25) is 0 Å². The molecule has 0 bridgehead atoms. The molecule has 1 unspecified atom stereocenters. The van der Waals surface area contributed by atoms with Crippen molar-refractivity contribution >= 4 is 40.3 Å². The summed E-state index contributed by atoms with van der Waals surface area (Å²) in [6, 6.07) is 7.86. The fourth-order valence-electron chi connectivity index (χ4n) is 2.36. The highest BCUT2D eigenvalue weighted by Gasteiger charge is 2.32. The minimum atomic E-state index is -0.0992. The summed E-state index contributed by atoms with van der Waals surface area (Å²) < 4.78 is 6.47. The van der Waals surface area contributed by atoms with Gasteiger partial charge < -0.3 is 4.74 Å². The maximum Gasteiger partial charge on any atom is 0.266 e. The molecule has 0 saturated carbocycles. The summed E-state index contributed by atoms with van der Waals surface area (Å²) in [6.45, 7) is 6.07. The number of ether oxygens (including phenoxy) is 1. The van der Waals surface area contributed by atoms with E-state index in [9.17, 15) is 4.79 Å². The van der Waals surface area contributed by atoms with E-state index in [0.29, 0.717) is 15.8 Å². The van der Waals surface area contributed by atoms with Crippen molar-refractivity contribution in [2.75, 3.05) is 6.54 Å². The fourth-order valence-corrected chi connectivity index (χ4v) is 3.63. The van der Waals surface area contributed by atoms with Crippen molar-refractivity contribution in [2.45, 2.75) is 13.0 Å². The number of nitrogens with zero attached hydrogens (tertiary/aromatic N) is 1. The van der Waals surface area contributed by atoms with Crippen LogP contribution in [-0.2, 0) is 4.79 Å². The molecule has 3 rings (SSSR count). The van der Waals surface area contributed by atoms with Crippen molar-refractivity contribution < 1.29 is 9.53 Å². The number of fused-ring (bicyclic) bond motifs is 1. The van der Waals surface area contributed by atoms with Crippen LogP contribution in [0.15, 0.2) is 53.5 Å². The molecule has 0 aliphatic carbocycles. The van der Waals surface area contributed by atoms with Crippen molar-refractivity contribution in [1.29, 1.82) is 0 Å². The first kappa shape index (κ1) is 15.1. The first-order valence-electron chi connectivity index (χ1n) is 6.93. The lowest BCUT2D eigenvalue weighted by Crippen LogP contribution is -2.28. The van der Waals surface area contributed by atoms with Crippen LogP contribution in [0.5, 0.6) is 5.75 Å². The van der Waals surface area contributed by atoms with Gasteiger partial charge in [0, 0.05) is 12.1 Å². The second-order valence-electron chi connectivity index (χ2n) is 5.02. The quantitative estimate of drug-likeness (QED) is 0.479. The largest absolute Gasteiger partial charge is 0.485 e. The molecule has 1 aromatic carbocycles. The first-order valence-corrected chi connectivity index (χ1v) is 8.16. The van der Waals surface area contributed by atoms with Crippen molar-refractivity contribution in [3.05, 3.63) is 59.0 Å². The summed E-state index contributed by atoms with van der Waals surface area (Å²) in [7, 11) is 0. The Labute approximate surface area is 139 Å². The minimum Gasteiger partial charge on any atom is -0.485 e. The van der Waals surface area contributed by atoms with E-state index in [1.807, 2.05) is 37.3 Å². The predicted octanol–water partition coefficient (Wildman–Crippen LogP) is 3.78. The molecule has 1 amide bonds. The highest BCUT2D eigenvalue weighted by Crippen LogP contribution is 2.35. The van der Waals surface area contributed by atoms with Gasteiger partial charge in [-0.3, -0.25) is 9.69 Å². The van der Waals surface area contributed by atoms with E-state index in [1.165, 1.54) is 11.8 Å². The summed E-state index contributed by atoms with van der Waals surface area (Å²) in [6.07, 6.45) is 5.51. The molecule has 5 heteroatoms. The minimum absolute atomic E-state index is 0.0677. The summed E-state index contributed by atoms with van der Waals surface area (Å²) in [4.78, 5) is 14.6. The van der Waals surface area contributed by atoms with Crippen molar-refractivity contribution in [3.63, 3.8) is 0 Å². The molecule has 2 aliphatic rings. The van der Waals surface area contributed by atoms with Gasteiger partial charge >= 0.3 is 0 Å². The molecule has 1 saturated heterocycles. The van der Waals surface area contributed by atoms with Crippen LogP contribution in [-0.4, -0.2) is 27.8 Å². The normalized spacial score (nSPS) is 22.4. The SMILES string of the molecule is C=CCN1C(=O)/C(=C\C2=Cc3ccccc3OC2C)SC1=S. The Morgan fingerprint density at radius 2 is 2.23 bits per heavy atom. The van der Waals surface area contributed by atoms with E-state index in [-0.39, 0.29) is 12.0 Å². The van der Waals surface area contributed by atoms with Crippen LogP contribution in [0, 0.1) is 0 Å². The Balaban J connectivity index is 1.92. The van der Waals surface area contributed by atoms with Gasteiger partial charge in [-0.15, -0.1) is 6.58 Å². The monoisotopic (exact) mass is 329 g/mol. The Morgan fingerprint density at radius 3 is 3.00 bits per heavy atom. The van der Waals surface area contributed by atoms with Crippen molar-refractivity contribution in [1.82, 2.24) is 4.90 Å². The third kappa shape index (κ3) is 2.74. The number of rotatable bonds is 3. The Kier molecular flexibility index (Phi) is 4.18. The lowest BCUT2D eigenvalue weighted by Gasteiger charge is -2.23. The summed E-state index contributed by atoms with van der Waals surface area (Å²) >= 11 is 6.57. The average molecular weight is 329 g/mol. The van der Waals surface area contributed by atoms with E-state index < -0.39 is 0 Å². The molecule has 2 heterocycles. The van der Waals surface area contributed by atoms with Crippen LogP contribution in [0.3, 0.4) is 0 Å². The van der Waals surface area contributed by atoms with Crippen molar-refractivity contribution in [3.8, 4) is 5.75 Å². The van der Waals surface area contributed by atoms with Crippen LogP contribution < -0.4 is 4.74 Å². The van der Waals surface area contributed by atoms with Crippen molar-refractivity contribution in [2.24, 2.45) is 0 Å². The number of benzene rings is 1. The fraction of sp³-hybridized carbons (Fsp3) is 0.176. The number of amides is 1. The van der Waals surface area contributed by atoms with Gasteiger partial charge in [0.2, 0.25) is 0 Å². The standard InChI is InChI=1S/C17H15NO2S2/c1-3-8-18-16(19)15(22-17(18)21)10-13-9-12-6-4-5-7-14(12)20-11(13)2/h3-7,9-11H,1,8H2,2H3/b15-10+. The predicted molar refractivity (Wildman–Crippen MR) is 94.7 cm³/mol. The first-order chi connectivity index (χ1) is 10.6. The highest BCUT2D eigenvalue weighted by atomic mass is 32.2. The van der Waals surface area contributed by atoms with Gasteiger partial charge in [-0.2, -0.15) is 0 Å². The number of hydrogen-bond acceptors (Lipinski definition) is 4. The summed E-state index contributed by atoms with van der Waals surface area (Å²) in [5, 5.41) is 0. The summed E-state index contributed by atoms with van der Waals surface area (Å²) in [5.41, 5.74) is 1.99. The average Bonchev–Trinajstić information content (AvgIpc) is 2.76. The van der Waals surface area contributed by atoms with Gasteiger partial charge in [0.05, 0.1) is 4.91 Å². The number of thioether (sulfide) groups is 1. The highest BCUT2D eigenvalue weighted by molar-refractivity contribution is 8.26. The van der Waals surface area contributed by atoms with Gasteiger partial charge in [0.25, 0.3) is 5.91 Å². The number of hydrogen-bond donors (Lipinski definition) is 0. The zero-order chi connectivity index (χ0) is 15.7. The zero-order valence-corrected chi connectivity index (χ0v) is 13.7.